The average Bonchev–Trinajstić information content (AvgIpc) is 3.20. The maximum Gasteiger partial charge on any atom is 0.162 e. The van der Waals surface area contributed by atoms with Gasteiger partial charge in [-0.2, -0.15) is 0 Å². The minimum Gasteiger partial charge on any atom is -0.389 e. The minimum absolute atomic E-state index is 0.384. The second-order valence-electron chi connectivity index (χ2n) is 10.0. The SMILES string of the molecule is OC1(CN2CCC3(CCN(c4nc(-c5ccncc5)nc5cnccc45)CC3)C2)CCC1. The molecule has 1 aliphatic carbocycles. The molecule has 0 atom stereocenters. The molecule has 7 nitrogen and oxygen atoms in total. The molecular weight excluding hydrogens is 400 g/mol. The summed E-state index contributed by atoms with van der Waals surface area (Å²) in [5.74, 6) is 1.74. The van der Waals surface area contributed by atoms with E-state index in [-0.39, 0.29) is 0 Å². The van der Waals surface area contributed by atoms with E-state index in [1.807, 2.05) is 30.6 Å². The molecule has 0 aromatic carbocycles. The Balaban J connectivity index is 1.22. The van der Waals surface area contributed by atoms with Crippen molar-refractivity contribution in [2.24, 2.45) is 5.41 Å². The van der Waals surface area contributed by atoms with Crippen LogP contribution in [0, 0.1) is 5.41 Å². The van der Waals surface area contributed by atoms with Gasteiger partial charge in [-0.3, -0.25) is 14.9 Å². The topological polar surface area (TPSA) is 78.3 Å². The van der Waals surface area contributed by atoms with Crippen molar-refractivity contribution in [3.05, 3.63) is 43.0 Å². The van der Waals surface area contributed by atoms with Crippen molar-refractivity contribution in [3.8, 4) is 11.4 Å². The fourth-order valence-corrected chi connectivity index (χ4v) is 5.76. The highest BCUT2D eigenvalue weighted by atomic mass is 16.3. The van der Waals surface area contributed by atoms with E-state index < -0.39 is 5.60 Å². The van der Waals surface area contributed by atoms with E-state index in [1.165, 1.54) is 25.7 Å². The van der Waals surface area contributed by atoms with Crippen LogP contribution in [0.25, 0.3) is 22.3 Å². The average molecular weight is 431 g/mol. The highest BCUT2D eigenvalue weighted by Gasteiger charge is 2.44. The molecule has 166 valence electrons. The van der Waals surface area contributed by atoms with Gasteiger partial charge in [0.2, 0.25) is 0 Å². The van der Waals surface area contributed by atoms with Gasteiger partial charge in [-0.05, 0) is 68.7 Å². The first kappa shape index (κ1) is 20.0. The van der Waals surface area contributed by atoms with E-state index in [4.69, 9.17) is 9.97 Å². The highest BCUT2D eigenvalue weighted by molar-refractivity contribution is 5.90. The van der Waals surface area contributed by atoms with Gasteiger partial charge in [-0.1, -0.05) is 0 Å². The smallest absolute Gasteiger partial charge is 0.162 e. The van der Waals surface area contributed by atoms with Gasteiger partial charge in [0.05, 0.1) is 17.3 Å². The first-order valence-electron chi connectivity index (χ1n) is 11.8. The van der Waals surface area contributed by atoms with Crippen LogP contribution in [0.3, 0.4) is 0 Å². The summed E-state index contributed by atoms with van der Waals surface area (Å²) in [6, 6.07) is 5.94. The van der Waals surface area contributed by atoms with Crippen LogP contribution in [0.2, 0.25) is 0 Å². The van der Waals surface area contributed by atoms with Crippen LogP contribution in [0.5, 0.6) is 0 Å². The van der Waals surface area contributed by atoms with Crippen molar-refractivity contribution in [2.75, 3.05) is 37.6 Å². The number of β-amino-alcohol motifs (C(OH)–C–C–N with tert-alkyl or cyclic N) is 1. The second kappa shape index (κ2) is 7.74. The fourth-order valence-electron chi connectivity index (χ4n) is 5.76. The van der Waals surface area contributed by atoms with E-state index in [9.17, 15) is 5.11 Å². The fraction of sp³-hybridized carbons (Fsp3) is 0.520. The van der Waals surface area contributed by atoms with E-state index in [1.54, 1.807) is 12.4 Å². The van der Waals surface area contributed by atoms with Crippen molar-refractivity contribution in [3.63, 3.8) is 0 Å². The Morgan fingerprint density at radius 1 is 0.875 bits per heavy atom. The Hall–Kier alpha value is -2.64. The lowest BCUT2D eigenvalue weighted by Gasteiger charge is -2.42. The van der Waals surface area contributed by atoms with Gasteiger partial charge in [-0.15, -0.1) is 0 Å². The van der Waals surface area contributed by atoms with E-state index in [0.29, 0.717) is 5.41 Å². The Bertz CT molecular complexity index is 1110. The molecule has 0 amide bonds. The Kier molecular flexibility index (Phi) is 4.84. The van der Waals surface area contributed by atoms with Gasteiger partial charge in [0, 0.05) is 55.7 Å². The maximum atomic E-state index is 10.6. The molecule has 2 saturated heterocycles. The lowest BCUT2D eigenvalue weighted by atomic mass is 9.77. The zero-order valence-electron chi connectivity index (χ0n) is 18.5. The number of anilines is 1. The molecule has 1 spiro atoms. The number of aliphatic hydroxyl groups is 1. The number of aromatic nitrogens is 4. The van der Waals surface area contributed by atoms with Crippen LogP contribution < -0.4 is 4.90 Å². The number of pyridine rings is 2. The molecule has 3 aliphatic rings. The van der Waals surface area contributed by atoms with Crippen molar-refractivity contribution < 1.29 is 5.11 Å². The van der Waals surface area contributed by atoms with E-state index in [2.05, 4.69) is 19.8 Å². The summed E-state index contributed by atoms with van der Waals surface area (Å²) >= 11 is 0. The van der Waals surface area contributed by atoms with E-state index >= 15 is 0 Å². The van der Waals surface area contributed by atoms with Crippen LogP contribution in [-0.4, -0.2) is 68.3 Å². The Morgan fingerprint density at radius 3 is 2.38 bits per heavy atom. The molecule has 3 aromatic rings. The minimum atomic E-state index is -0.413. The first-order valence-corrected chi connectivity index (χ1v) is 11.8. The number of piperidine rings is 1. The number of likely N-dealkylation sites (tertiary alicyclic amines) is 1. The van der Waals surface area contributed by atoms with Gasteiger partial charge >= 0.3 is 0 Å². The molecule has 0 radical (unpaired) electrons. The molecule has 1 N–H and O–H groups in total. The molecule has 32 heavy (non-hydrogen) atoms. The predicted octanol–water partition coefficient (Wildman–Crippen LogP) is 3.29. The summed E-state index contributed by atoms with van der Waals surface area (Å²) in [5.41, 5.74) is 1.82. The molecule has 7 heteroatoms. The van der Waals surface area contributed by atoms with Crippen LogP contribution >= 0.6 is 0 Å². The molecule has 0 unspecified atom stereocenters. The monoisotopic (exact) mass is 430 g/mol. The lowest BCUT2D eigenvalue weighted by molar-refractivity contribution is -0.0567. The summed E-state index contributed by atoms with van der Waals surface area (Å²) < 4.78 is 0. The normalized spacial score (nSPS) is 22.3. The number of rotatable bonds is 4. The summed E-state index contributed by atoms with van der Waals surface area (Å²) in [5, 5.41) is 11.7. The first-order chi connectivity index (χ1) is 15.6. The van der Waals surface area contributed by atoms with Gasteiger partial charge in [0.1, 0.15) is 5.82 Å². The van der Waals surface area contributed by atoms with Gasteiger partial charge in [0.15, 0.2) is 5.82 Å². The number of fused-ring (bicyclic) bond motifs is 1. The summed E-state index contributed by atoms with van der Waals surface area (Å²) in [6.07, 6.45) is 13.9. The molecular formula is C25H30N6O. The standard InChI is InChI=1S/C25H30N6O/c32-25(5-1-6-25)18-30-13-7-24(17-30)8-14-31(15-9-24)23-20-4-12-27-16-21(20)28-22(29-23)19-2-10-26-11-3-19/h2-4,10-12,16,32H,1,5-9,13-15,17-18H2. The number of hydrogen-bond donors (Lipinski definition) is 1. The third-order valence-electron chi connectivity index (χ3n) is 7.86. The molecule has 0 bridgehead atoms. The zero-order chi connectivity index (χ0) is 21.6. The molecule has 3 fully saturated rings. The highest BCUT2D eigenvalue weighted by Crippen LogP contribution is 2.43. The molecule has 2 aliphatic heterocycles. The molecule has 5 heterocycles. The molecule has 3 aromatic heterocycles. The molecule has 6 rings (SSSR count). The Labute approximate surface area is 188 Å². The third kappa shape index (κ3) is 3.63. The van der Waals surface area contributed by atoms with Gasteiger partial charge in [-0.25, -0.2) is 9.97 Å². The van der Waals surface area contributed by atoms with Crippen molar-refractivity contribution in [1.82, 2.24) is 24.8 Å². The van der Waals surface area contributed by atoms with Crippen molar-refractivity contribution >= 4 is 16.7 Å². The summed E-state index contributed by atoms with van der Waals surface area (Å²) in [7, 11) is 0. The quantitative estimate of drug-likeness (QED) is 0.680. The third-order valence-corrected chi connectivity index (χ3v) is 7.86. The zero-order valence-corrected chi connectivity index (χ0v) is 18.5. The summed E-state index contributed by atoms with van der Waals surface area (Å²) in [4.78, 5) is 23.1. The van der Waals surface area contributed by atoms with E-state index in [0.717, 1.165) is 73.7 Å². The number of nitrogens with zero attached hydrogens (tertiary/aromatic N) is 6. The number of hydrogen-bond acceptors (Lipinski definition) is 7. The predicted molar refractivity (Wildman–Crippen MR) is 124 cm³/mol. The van der Waals surface area contributed by atoms with Crippen LogP contribution in [0.4, 0.5) is 5.82 Å². The van der Waals surface area contributed by atoms with Gasteiger partial charge < -0.3 is 10.0 Å². The van der Waals surface area contributed by atoms with Crippen molar-refractivity contribution in [2.45, 2.75) is 44.1 Å². The van der Waals surface area contributed by atoms with Crippen molar-refractivity contribution in [1.29, 1.82) is 0 Å². The Morgan fingerprint density at radius 2 is 1.62 bits per heavy atom. The van der Waals surface area contributed by atoms with Crippen LogP contribution in [0.1, 0.15) is 38.5 Å². The van der Waals surface area contributed by atoms with Crippen LogP contribution in [-0.2, 0) is 0 Å². The molecule has 1 saturated carbocycles. The second-order valence-corrected chi connectivity index (χ2v) is 10.0. The summed E-state index contributed by atoms with van der Waals surface area (Å²) in [6.45, 7) is 5.11. The van der Waals surface area contributed by atoms with Crippen LogP contribution in [0.15, 0.2) is 43.0 Å². The lowest BCUT2D eigenvalue weighted by Crippen LogP contribution is -2.48. The van der Waals surface area contributed by atoms with Gasteiger partial charge in [0.25, 0.3) is 0 Å². The largest absolute Gasteiger partial charge is 0.389 e. The maximum absolute atomic E-state index is 10.6.